The number of amides is 1. The second kappa shape index (κ2) is 12.0. The number of likely N-dealkylation sites (N-methyl/N-ethyl adjacent to an activating group) is 1. The standard InChI is InChI=1S/C26H30F4IN5O4S/c1-14-11-36(12-15(2)35(14)3)22-9-20(27)17(16-4-5-32-24(6-16)41(39,40)13-31)7-21(22)34-25(38)18-10-33-23(37)8-19(18)26(28,29)30/h4,7-10,14-15,24,32H,5-6,11-13H2,1-3H3,(H,33,37)(H,34,38)/t14-,15+,24?. The summed E-state index contributed by atoms with van der Waals surface area (Å²) in [6.45, 7) is 5.04. The first kappa shape index (κ1) is 31.4. The highest BCUT2D eigenvalue weighted by molar-refractivity contribution is 14.1. The van der Waals surface area contributed by atoms with Crippen molar-refractivity contribution in [2.24, 2.45) is 0 Å². The minimum atomic E-state index is -4.97. The molecule has 1 aromatic heterocycles. The number of carbonyl (C=O) groups excluding carboxylic acids is 1. The van der Waals surface area contributed by atoms with Gasteiger partial charge in [0, 0.05) is 56.0 Å². The number of halogens is 5. The lowest BCUT2D eigenvalue weighted by atomic mass is 9.97. The molecule has 15 heteroatoms. The van der Waals surface area contributed by atoms with Crippen molar-refractivity contribution in [2.45, 2.75) is 43.9 Å². The number of aromatic nitrogens is 1. The van der Waals surface area contributed by atoms with Crippen LogP contribution in [0.4, 0.5) is 28.9 Å². The van der Waals surface area contributed by atoms with E-state index < -0.39 is 49.8 Å². The first-order chi connectivity index (χ1) is 19.1. The van der Waals surface area contributed by atoms with Crippen LogP contribution in [0.2, 0.25) is 0 Å². The van der Waals surface area contributed by atoms with Gasteiger partial charge in [-0.15, -0.1) is 0 Å². The Bertz CT molecular complexity index is 1520. The molecule has 3 heterocycles. The predicted octanol–water partition coefficient (Wildman–Crippen LogP) is 3.82. The van der Waals surface area contributed by atoms with E-state index in [1.54, 1.807) is 28.7 Å². The Labute approximate surface area is 248 Å². The summed E-state index contributed by atoms with van der Waals surface area (Å²) in [7, 11) is -1.56. The largest absolute Gasteiger partial charge is 0.417 e. The zero-order valence-electron chi connectivity index (χ0n) is 22.5. The molecule has 2 aromatic rings. The van der Waals surface area contributed by atoms with Gasteiger partial charge in [0.05, 0.1) is 22.5 Å². The number of aromatic amines is 1. The van der Waals surface area contributed by atoms with Crippen LogP contribution < -0.4 is 21.1 Å². The zero-order chi connectivity index (χ0) is 30.3. The molecule has 1 fully saturated rings. The van der Waals surface area contributed by atoms with E-state index in [1.807, 2.05) is 25.8 Å². The minimum Gasteiger partial charge on any atom is -0.367 e. The van der Waals surface area contributed by atoms with Crippen LogP contribution >= 0.6 is 22.6 Å². The smallest absolute Gasteiger partial charge is 0.367 e. The Hall–Kier alpha value is -2.50. The first-order valence-corrected chi connectivity index (χ1v) is 16.0. The summed E-state index contributed by atoms with van der Waals surface area (Å²) < 4.78 is 81.6. The van der Waals surface area contributed by atoms with Crippen molar-refractivity contribution in [1.29, 1.82) is 0 Å². The third-order valence-electron chi connectivity index (χ3n) is 7.54. The van der Waals surface area contributed by atoms with Crippen LogP contribution in [-0.2, 0) is 16.0 Å². The number of anilines is 2. The molecule has 0 radical (unpaired) electrons. The molecule has 41 heavy (non-hydrogen) atoms. The number of nitrogens with zero attached hydrogens (tertiary/aromatic N) is 2. The third-order valence-corrected chi connectivity index (χ3v) is 11.6. The van der Waals surface area contributed by atoms with Crippen LogP contribution in [0.5, 0.6) is 0 Å². The van der Waals surface area contributed by atoms with Crippen LogP contribution in [0.15, 0.2) is 35.3 Å². The fourth-order valence-electron chi connectivity index (χ4n) is 5.07. The molecule has 1 saturated heterocycles. The van der Waals surface area contributed by atoms with Crippen molar-refractivity contribution in [3.8, 4) is 0 Å². The Kier molecular flexibility index (Phi) is 9.21. The number of H-pyrrole nitrogens is 1. The average molecular weight is 712 g/mol. The maximum absolute atomic E-state index is 15.7. The lowest BCUT2D eigenvalue weighted by Crippen LogP contribution is -2.55. The molecule has 224 valence electrons. The van der Waals surface area contributed by atoms with Gasteiger partial charge in [0.25, 0.3) is 5.91 Å². The minimum absolute atomic E-state index is 0.0320. The molecule has 2 aliphatic heterocycles. The number of nitrogens with one attached hydrogen (secondary N) is 3. The van der Waals surface area contributed by atoms with Gasteiger partial charge in [0.2, 0.25) is 5.56 Å². The van der Waals surface area contributed by atoms with Crippen molar-refractivity contribution in [1.82, 2.24) is 15.2 Å². The Morgan fingerprint density at radius 3 is 2.44 bits per heavy atom. The normalized spacial score (nSPS) is 22.4. The molecule has 0 bridgehead atoms. The SMILES string of the molecule is C[C@@H]1CN(c2cc(F)c(C3=CCNC(S(=O)(=O)CI)C3)cc2NC(=O)c2c[nH]c(=O)cc2C(F)(F)F)C[C@H](C)N1C. The summed E-state index contributed by atoms with van der Waals surface area (Å²) >= 11 is 1.75. The van der Waals surface area contributed by atoms with Crippen molar-refractivity contribution in [3.63, 3.8) is 0 Å². The number of carbonyl (C=O) groups is 1. The zero-order valence-corrected chi connectivity index (χ0v) is 25.5. The van der Waals surface area contributed by atoms with E-state index in [9.17, 15) is 31.2 Å². The molecule has 9 nitrogen and oxygen atoms in total. The van der Waals surface area contributed by atoms with E-state index >= 15 is 4.39 Å². The molecule has 4 rings (SSSR count). The number of sulfone groups is 1. The fraction of sp³-hybridized carbons (Fsp3) is 0.462. The second-order valence-corrected chi connectivity index (χ2v) is 14.3. The molecule has 0 aliphatic carbocycles. The van der Waals surface area contributed by atoms with Crippen molar-refractivity contribution < 1.29 is 30.8 Å². The fourth-order valence-corrected chi connectivity index (χ4v) is 7.31. The van der Waals surface area contributed by atoms with Gasteiger partial charge in [-0.05, 0) is 38.6 Å². The van der Waals surface area contributed by atoms with E-state index in [0.717, 1.165) is 0 Å². The monoisotopic (exact) mass is 711 g/mol. The maximum atomic E-state index is 15.7. The van der Waals surface area contributed by atoms with Crippen LogP contribution in [0.3, 0.4) is 0 Å². The van der Waals surface area contributed by atoms with E-state index in [-0.39, 0.29) is 45.7 Å². The number of rotatable bonds is 6. The number of benzene rings is 1. The Morgan fingerprint density at radius 2 is 1.83 bits per heavy atom. The Balaban J connectivity index is 1.80. The summed E-state index contributed by atoms with van der Waals surface area (Å²) in [5.41, 5.74) is -2.47. The third kappa shape index (κ3) is 6.78. The highest BCUT2D eigenvalue weighted by Gasteiger charge is 2.37. The number of piperazine rings is 1. The van der Waals surface area contributed by atoms with Gasteiger partial charge in [0.1, 0.15) is 15.0 Å². The number of pyridine rings is 1. The maximum Gasteiger partial charge on any atom is 0.417 e. The van der Waals surface area contributed by atoms with Gasteiger partial charge in [-0.25, -0.2) is 12.8 Å². The molecule has 0 saturated carbocycles. The predicted molar refractivity (Wildman–Crippen MR) is 158 cm³/mol. The van der Waals surface area contributed by atoms with Crippen LogP contribution in [0.1, 0.15) is 41.8 Å². The summed E-state index contributed by atoms with van der Waals surface area (Å²) in [5, 5.41) is 4.46. The van der Waals surface area contributed by atoms with Crippen LogP contribution in [0.25, 0.3) is 5.57 Å². The van der Waals surface area contributed by atoms with Gasteiger partial charge in [-0.3, -0.25) is 19.8 Å². The first-order valence-electron chi connectivity index (χ1n) is 12.7. The molecule has 3 atom stereocenters. The summed E-state index contributed by atoms with van der Waals surface area (Å²) in [4.78, 5) is 30.9. The number of hydrogen-bond donors (Lipinski definition) is 3. The van der Waals surface area contributed by atoms with E-state index in [4.69, 9.17) is 0 Å². The van der Waals surface area contributed by atoms with Crippen molar-refractivity contribution in [2.75, 3.05) is 40.7 Å². The Morgan fingerprint density at radius 1 is 1.17 bits per heavy atom. The van der Waals surface area contributed by atoms with E-state index in [1.165, 1.54) is 12.1 Å². The summed E-state index contributed by atoms with van der Waals surface area (Å²) in [5.74, 6) is -1.80. The second-order valence-electron chi connectivity index (χ2n) is 10.3. The van der Waals surface area contributed by atoms with Gasteiger partial charge >= 0.3 is 6.18 Å². The van der Waals surface area contributed by atoms with Crippen molar-refractivity contribution >= 4 is 55.3 Å². The molecule has 3 N–H and O–H groups in total. The van der Waals surface area contributed by atoms with E-state index in [0.29, 0.717) is 30.9 Å². The van der Waals surface area contributed by atoms with Gasteiger partial charge in [0.15, 0.2) is 9.84 Å². The lowest BCUT2D eigenvalue weighted by Gasteiger charge is -2.44. The highest BCUT2D eigenvalue weighted by Crippen LogP contribution is 2.37. The molecule has 1 aromatic carbocycles. The summed E-state index contributed by atoms with van der Waals surface area (Å²) in [6, 6.07) is 2.96. The highest BCUT2D eigenvalue weighted by atomic mass is 127. The van der Waals surface area contributed by atoms with E-state index in [2.05, 4.69) is 20.5 Å². The van der Waals surface area contributed by atoms with Crippen LogP contribution in [-0.4, -0.2) is 72.1 Å². The van der Waals surface area contributed by atoms with Gasteiger partial charge < -0.3 is 15.2 Å². The number of alkyl halides is 4. The lowest BCUT2D eigenvalue weighted by molar-refractivity contribution is -0.138. The quantitative estimate of drug-likeness (QED) is 0.237. The van der Waals surface area contributed by atoms with Gasteiger partial charge in [-0.2, -0.15) is 13.2 Å². The molecule has 2 aliphatic rings. The number of hydrogen-bond acceptors (Lipinski definition) is 7. The van der Waals surface area contributed by atoms with Crippen LogP contribution in [0, 0.1) is 5.82 Å². The molecular formula is C26H30F4IN5O4S. The molecule has 1 unspecified atom stereocenters. The topological polar surface area (TPSA) is 115 Å². The molecule has 1 amide bonds. The average Bonchev–Trinajstić information content (AvgIpc) is 2.91. The molecule has 0 spiro atoms. The van der Waals surface area contributed by atoms with Crippen molar-refractivity contribution in [3.05, 3.63) is 63.3 Å². The summed E-state index contributed by atoms with van der Waals surface area (Å²) in [6.07, 6.45) is -2.67. The van der Waals surface area contributed by atoms with Gasteiger partial charge in [-0.1, -0.05) is 28.7 Å². The molecular weight excluding hydrogens is 681 g/mol.